The summed E-state index contributed by atoms with van der Waals surface area (Å²) in [5.41, 5.74) is 4.24. The number of anilines is 1. The third-order valence-corrected chi connectivity index (χ3v) is 10.8. The maximum atomic E-state index is 13.1. The summed E-state index contributed by atoms with van der Waals surface area (Å²) in [6.07, 6.45) is -1.25. The number of benzene rings is 6. The van der Waals surface area contributed by atoms with E-state index in [-0.39, 0.29) is 29.6 Å². The maximum Gasteiger partial charge on any atom is 0.261 e. The second-order valence-electron chi connectivity index (χ2n) is 12.9. The number of aliphatic hydroxyl groups excluding tert-OH is 1. The van der Waals surface area contributed by atoms with Crippen LogP contribution >= 0.6 is 0 Å². The Balaban J connectivity index is 1.18. The van der Waals surface area contributed by atoms with E-state index in [4.69, 9.17) is 9.47 Å². The van der Waals surface area contributed by atoms with Gasteiger partial charge in [0.2, 0.25) is 0 Å². The van der Waals surface area contributed by atoms with E-state index < -0.39 is 16.3 Å². The Bertz CT molecular complexity index is 2120. The summed E-state index contributed by atoms with van der Waals surface area (Å²) in [5.74, 6) is -0.0114. The van der Waals surface area contributed by atoms with Crippen molar-refractivity contribution in [2.24, 2.45) is 5.92 Å². The fourth-order valence-electron chi connectivity index (χ4n) is 6.81. The molecule has 0 saturated carbocycles. The van der Waals surface area contributed by atoms with E-state index in [1.54, 1.807) is 48.5 Å². The second-order valence-corrected chi connectivity index (χ2v) is 14.5. The zero-order valence-electron chi connectivity index (χ0n) is 27.6. The van der Waals surface area contributed by atoms with Gasteiger partial charge in [-0.05, 0) is 75.6 Å². The van der Waals surface area contributed by atoms with E-state index >= 15 is 0 Å². The maximum absolute atomic E-state index is 13.1. The van der Waals surface area contributed by atoms with Gasteiger partial charge < -0.3 is 14.6 Å². The minimum Gasteiger partial charge on any atom is -0.392 e. The van der Waals surface area contributed by atoms with Crippen molar-refractivity contribution in [1.82, 2.24) is 4.90 Å². The average Bonchev–Trinajstić information content (AvgIpc) is 3.13. The van der Waals surface area contributed by atoms with Crippen molar-refractivity contribution < 1.29 is 23.0 Å². The molecule has 0 bridgehead atoms. The average molecular weight is 673 g/mol. The van der Waals surface area contributed by atoms with Crippen molar-refractivity contribution in [3.8, 4) is 0 Å². The molecular weight excluding hydrogens is 633 g/mol. The summed E-state index contributed by atoms with van der Waals surface area (Å²) in [5, 5.41) is 14.6. The summed E-state index contributed by atoms with van der Waals surface area (Å²) in [6.45, 7) is 3.49. The molecule has 1 aliphatic rings. The summed E-state index contributed by atoms with van der Waals surface area (Å²) >= 11 is 0. The molecule has 8 heteroatoms. The van der Waals surface area contributed by atoms with Crippen molar-refractivity contribution in [3.05, 3.63) is 156 Å². The Hall–Kier alpha value is -4.57. The smallest absolute Gasteiger partial charge is 0.261 e. The highest BCUT2D eigenvalue weighted by Crippen LogP contribution is 2.42. The molecule has 7 nitrogen and oxygen atoms in total. The monoisotopic (exact) mass is 672 g/mol. The Morgan fingerprint density at radius 3 is 2.06 bits per heavy atom. The van der Waals surface area contributed by atoms with Gasteiger partial charge in [0.15, 0.2) is 6.29 Å². The summed E-state index contributed by atoms with van der Waals surface area (Å²) in [4.78, 5) is 2.50. The lowest BCUT2D eigenvalue weighted by molar-refractivity contribution is -0.276. The van der Waals surface area contributed by atoms with Gasteiger partial charge >= 0.3 is 0 Å². The molecule has 0 spiro atoms. The van der Waals surface area contributed by atoms with Crippen molar-refractivity contribution in [2.45, 2.75) is 43.5 Å². The van der Waals surface area contributed by atoms with Crippen LogP contribution in [0.5, 0.6) is 0 Å². The number of hydrogen-bond acceptors (Lipinski definition) is 6. The number of hydrogen-bond donors (Lipinski definition) is 2. The van der Waals surface area contributed by atoms with E-state index in [9.17, 15) is 13.5 Å². The lowest BCUT2D eigenvalue weighted by Gasteiger charge is -2.42. The van der Waals surface area contributed by atoms with Crippen LogP contribution < -0.4 is 4.72 Å². The van der Waals surface area contributed by atoms with Crippen molar-refractivity contribution in [2.75, 3.05) is 18.3 Å². The highest BCUT2D eigenvalue weighted by Gasteiger charge is 2.39. The molecule has 1 aliphatic heterocycles. The summed E-state index contributed by atoms with van der Waals surface area (Å²) < 4.78 is 42.4. The van der Waals surface area contributed by atoms with Crippen LogP contribution in [0.2, 0.25) is 0 Å². The third kappa shape index (κ3) is 7.11. The molecule has 250 valence electrons. The number of nitrogens with one attached hydrogen (secondary N) is 1. The second kappa shape index (κ2) is 14.1. The van der Waals surface area contributed by atoms with Crippen LogP contribution in [-0.4, -0.2) is 38.1 Å². The number of fused-ring (bicyclic) bond motifs is 2. The first-order valence-corrected chi connectivity index (χ1v) is 18.0. The SMILES string of the molecule is CC1C(CN(C)Cc2c3ccccc3cc3ccccc23)OC(c2cccc(NS(=O)(=O)c3ccccc3)c2)OC1c1ccc(CO)cc1. The van der Waals surface area contributed by atoms with E-state index in [1.807, 2.05) is 30.3 Å². The molecule has 49 heavy (non-hydrogen) atoms. The van der Waals surface area contributed by atoms with Crippen LogP contribution in [0.1, 0.15) is 41.6 Å². The molecule has 4 unspecified atom stereocenters. The Morgan fingerprint density at radius 2 is 1.39 bits per heavy atom. The van der Waals surface area contributed by atoms with Crippen LogP contribution in [0.15, 0.2) is 138 Å². The predicted molar refractivity (Wildman–Crippen MR) is 194 cm³/mol. The fraction of sp³-hybridized carbons (Fsp3) is 0.220. The van der Waals surface area contributed by atoms with E-state index in [0.29, 0.717) is 17.8 Å². The fourth-order valence-corrected chi connectivity index (χ4v) is 7.88. The van der Waals surface area contributed by atoms with E-state index in [0.717, 1.165) is 17.7 Å². The van der Waals surface area contributed by atoms with Gasteiger partial charge in [-0.2, -0.15) is 0 Å². The number of rotatable bonds is 10. The van der Waals surface area contributed by atoms with Crippen LogP contribution in [-0.2, 0) is 32.6 Å². The number of ether oxygens (including phenoxy) is 2. The molecule has 7 rings (SSSR count). The van der Waals surface area contributed by atoms with Gasteiger partial charge in [-0.15, -0.1) is 0 Å². The molecular formula is C41H40N2O5S. The van der Waals surface area contributed by atoms with Gasteiger partial charge in [0, 0.05) is 30.3 Å². The van der Waals surface area contributed by atoms with Crippen molar-refractivity contribution >= 4 is 37.3 Å². The van der Waals surface area contributed by atoms with Gasteiger partial charge in [-0.1, -0.05) is 110 Å². The standard InChI is InChI=1S/C41H40N2O5S/c1-28-39(26-43(2)25-38-36-17-8-6-11-31(36)23-32-12-7-9-18-37(32)38)47-41(48-40(28)30-21-19-29(27-44)20-22-30)33-13-10-14-34(24-33)42-49(45,46)35-15-4-3-5-16-35/h3-24,28,39-42,44H,25-27H2,1-2H3. The first-order valence-electron chi connectivity index (χ1n) is 16.6. The predicted octanol–water partition coefficient (Wildman–Crippen LogP) is 8.21. The van der Waals surface area contributed by atoms with Gasteiger partial charge in [-0.25, -0.2) is 8.42 Å². The van der Waals surface area contributed by atoms with E-state index in [2.05, 4.69) is 78.2 Å². The minimum absolute atomic E-state index is 0.0114. The number of likely N-dealkylation sites (N-methyl/N-ethyl adjacent to an activating group) is 1. The van der Waals surface area contributed by atoms with Gasteiger partial charge in [0.25, 0.3) is 10.0 Å². The van der Waals surface area contributed by atoms with Crippen LogP contribution in [0.4, 0.5) is 5.69 Å². The third-order valence-electron chi connectivity index (χ3n) is 9.39. The Kier molecular flexibility index (Phi) is 9.49. The molecule has 4 atom stereocenters. The Morgan fingerprint density at radius 1 is 0.735 bits per heavy atom. The molecule has 1 saturated heterocycles. The lowest BCUT2D eigenvalue weighted by atomic mass is 9.89. The highest BCUT2D eigenvalue weighted by atomic mass is 32.2. The number of sulfonamides is 1. The zero-order chi connectivity index (χ0) is 34.0. The van der Waals surface area contributed by atoms with Crippen LogP contribution in [0.25, 0.3) is 21.5 Å². The first kappa shape index (κ1) is 33.0. The zero-order valence-corrected chi connectivity index (χ0v) is 28.4. The molecule has 0 aromatic heterocycles. The molecule has 1 fully saturated rings. The van der Waals surface area contributed by atoms with Gasteiger partial charge in [-0.3, -0.25) is 9.62 Å². The molecule has 2 N–H and O–H groups in total. The summed E-state index contributed by atoms with van der Waals surface area (Å²) in [6, 6.07) is 42.7. The molecule has 6 aromatic carbocycles. The van der Waals surface area contributed by atoms with Gasteiger partial charge in [0.05, 0.1) is 23.7 Å². The normalized spacial score (nSPS) is 19.8. The largest absolute Gasteiger partial charge is 0.392 e. The van der Waals surface area contributed by atoms with E-state index in [1.165, 1.54) is 27.1 Å². The van der Waals surface area contributed by atoms with Crippen LogP contribution in [0, 0.1) is 5.92 Å². The number of aliphatic hydroxyl groups is 1. The minimum atomic E-state index is -3.78. The highest BCUT2D eigenvalue weighted by molar-refractivity contribution is 7.92. The molecule has 0 radical (unpaired) electrons. The summed E-state index contributed by atoms with van der Waals surface area (Å²) in [7, 11) is -1.65. The van der Waals surface area contributed by atoms with Crippen molar-refractivity contribution in [3.63, 3.8) is 0 Å². The quantitative estimate of drug-likeness (QED) is 0.143. The van der Waals surface area contributed by atoms with Crippen molar-refractivity contribution in [1.29, 1.82) is 0 Å². The number of nitrogens with zero attached hydrogens (tertiary/aromatic N) is 1. The molecule has 1 heterocycles. The van der Waals surface area contributed by atoms with Crippen LogP contribution in [0.3, 0.4) is 0 Å². The molecule has 0 aliphatic carbocycles. The first-order chi connectivity index (χ1) is 23.8. The topological polar surface area (TPSA) is 88.1 Å². The Labute approximate surface area is 287 Å². The van der Waals surface area contributed by atoms with Gasteiger partial charge in [0.1, 0.15) is 0 Å². The molecule has 0 amide bonds. The molecule has 6 aromatic rings. The lowest BCUT2D eigenvalue weighted by Crippen LogP contribution is -2.43.